The van der Waals surface area contributed by atoms with Crippen LogP contribution in [0.15, 0.2) is 54.7 Å². The van der Waals surface area contributed by atoms with Crippen molar-refractivity contribution in [2.45, 2.75) is 25.6 Å². The maximum absolute atomic E-state index is 5.98. The van der Waals surface area contributed by atoms with Gasteiger partial charge in [0.25, 0.3) is 0 Å². The molecule has 3 nitrogen and oxygen atoms in total. The van der Waals surface area contributed by atoms with E-state index in [1.807, 2.05) is 24.4 Å². The minimum absolute atomic E-state index is 0.163. The normalized spacial score (nSPS) is 23.6. The number of pyridine rings is 1. The molecule has 0 amide bonds. The van der Waals surface area contributed by atoms with Crippen molar-refractivity contribution < 1.29 is 4.74 Å². The topological polar surface area (TPSA) is 25.4 Å². The molecule has 0 N–H and O–H groups in total. The van der Waals surface area contributed by atoms with Gasteiger partial charge in [-0.2, -0.15) is 0 Å². The van der Waals surface area contributed by atoms with E-state index in [9.17, 15) is 0 Å². The first-order valence-electron chi connectivity index (χ1n) is 7.13. The lowest BCUT2D eigenvalue weighted by molar-refractivity contribution is -0.0636. The van der Waals surface area contributed by atoms with Crippen LogP contribution in [0.1, 0.15) is 24.3 Å². The number of morpholine rings is 1. The van der Waals surface area contributed by atoms with Crippen molar-refractivity contribution in [1.29, 1.82) is 0 Å². The van der Waals surface area contributed by atoms with Crippen LogP contribution < -0.4 is 0 Å². The predicted molar refractivity (Wildman–Crippen MR) is 79.2 cm³/mol. The van der Waals surface area contributed by atoms with E-state index in [1.165, 1.54) is 5.56 Å². The molecule has 20 heavy (non-hydrogen) atoms. The Hall–Kier alpha value is -1.71. The summed E-state index contributed by atoms with van der Waals surface area (Å²) in [6, 6.07) is 17.0. The molecule has 104 valence electrons. The van der Waals surface area contributed by atoms with Gasteiger partial charge in [-0.1, -0.05) is 36.4 Å². The fourth-order valence-electron chi connectivity index (χ4n) is 2.60. The average Bonchev–Trinajstić information content (AvgIpc) is 2.51. The number of hydrogen-bond donors (Lipinski definition) is 0. The van der Waals surface area contributed by atoms with Crippen LogP contribution in [0.2, 0.25) is 0 Å². The van der Waals surface area contributed by atoms with Crippen molar-refractivity contribution in [3.63, 3.8) is 0 Å². The Kier molecular flexibility index (Phi) is 4.09. The van der Waals surface area contributed by atoms with Crippen LogP contribution in [0, 0.1) is 0 Å². The van der Waals surface area contributed by atoms with Gasteiger partial charge in [0.05, 0.1) is 18.4 Å². The highest BCUT2D eigenvalue weighted by molar-refractivity contribution is 5.18. The highest BCUT2D eigenvalue weighted by Gasteiger charge is 2.27. The molecule has 2 heterocycles. The zero-order valence-electron chi connectivity index (χ0n) is 11.8. The first kappa shape index (κ1) is 13.3. The first-order valence-corrected chi connectivity index (χ1v) is 7.13. The van der Waals surface area contributed by atoms with Crippen LogP contribution in [0.25, 0.3) is 0 Å². The summed E-state index contributed by atoms with van der Waals surface area (Å²) < 4.78 is 5.98. The highest BCUT2D eigenvalue weighted by Crippen LogP contribution is 2.25. The smallest absolute Gasteiger partial charge is 0.0952 e. The Morgan fingerprint density at radius 2 is 1.95 bits per heavy atom. The summed E-state index contributed by atoms with van der Waals surface area (Å²) in [5.41, 5.74) is 2.37. The molecule has 3 heteroatoms. The van der Waals surface area contributed by atoms with E-state index in [2.05, 4.69) is 47.1 Å². The number of nitrogens with zero attached hydrogens (tertiary/aromatic N) is 2. The third kappa shape index (κ3) is 3.06. The molecule has 1 saturated heterocycles. The van der Waals surface area contributed by atoms with Gasteiger partial charge in [0.15, 0.2) is 0 Å². The van der Waals surface area contributed by atoms with Gasteiger partial charge in [0, 0.05) is 25.3 Å². The van der Waals surface area contributed by atoms with Crippen molar-refractivity contribution in [1.82, 2.24) is 9.88 Å². The molecule has 0 saturated carbocycles. The molecule has 2 aromatic rings. The van der Waals surface area contributed by atoms with Crippen molar-refractivity contribution in [2.24, 2.45) is 0 Å². The maximum atomic E-state index is 5.98. The Morgan fingerprint density at radius 3 is 2.70 bits per heavy atom. The van der Waals surface area contributed by atoms with Gasteiger partial charge in [-0.15, -0.1) is 0 Å². The van der Waals surface area contributed by atoms with Crippen molar-refractivity contribution in [2.75, 3.05) is 13.2 Å². The molecule has 1 aliphatic heterocycles. The van der Waals surface area contributed by atoms with Crippen LogP contribution in [0.4, 0.5) is 0 Å². The molecule has 3 rings (SSSR count). The standard InChI is InChI=1S/C17H20N2O/c1-14-13-20-17(15-7-3-2-4-8-15)12-19(14)11-16-9-5-6-10-18-16/h2-10,14,17H,11-13H2,1H3/t14-,17+/m1/s1. The quantitative estimate of drug-likeness (QED) is 0.855. The van der Waals surface area contributed by atoms with Crippen LogP contribution in [0.5, 0.6) is 0 Å². The van der Waals surface area contributed by atoms with Crippen molar-refractivity contribution in [3.05, 3.63) is 66.0 Å². The molecule has 0 aliphatic carbocycles. The first-order chi connectivity index (χ1) is 9.83. The largest absolute Gasteiger partial charge is 0.371 e. The minimum Gasteiger partial charge on any atom is -0.371 e. The zero-order chi connectivity index (χ0) is 13.8. The van der Waals surface area contributed by atoms with Crippen molar-refractivity contribution in [3.8, 4) is 0 Å². The molecule has 0 unspecified atom stereocenters. The summed E-state index contributed by atoms with van der Waals surface area (Å²) in [7, 11) is 0. The van der Waals surface area contributed by atoms with Crippen molar-refractivity contribution >= 4 is 0 Å². The van der Waals surface area contributed by atoms with Crippen LogP contribution in [-0.4, -0.2) is 29.1 Å². The molecular formula is C17H20N2O. The third-order valence-corrected chi connectivity index (χ3v) is 3.82. The monoisotopic (exact) mass is 268 g/mol. The van der Waals surface area contributed by atoms with Gasteiger partial charge in [-0.3, -0.25) is 9.88 Å². The Labute approximate surface area is 120 Å². The Bertz CT molecular complexity index is 529. The lowest BCUT2D eigenvalue weighted by Crippen LogP contribution is -2.44. The maximum Gasteiger partial charge on any atom is 0.0952 e. The number of rotatable bonds is 3. The summed E-state index contributed by atoms with van der Waals surface area (Å²) in [6.07, 6.45) is 2.02. The molecule has 1 aromatic heterocycles. The predicted octanol–water partition coefficient (Wildman–Crippen LogP) is 3.04. The van der Waals surface area contributed by atoms with E-state index in [-0.39, 0.29) is 6.10 Å². The molecule has 0 spiro atoms. The van der Waals surface area contributed by atoms with Gasteiger partial charge in [0.2, 0.25) is 0 Å². The van der Waals surface area contributed by atoms with Gasteiger partial charge in [0.1, 0.15) is 0 Å². The van der Waals surface area contributed by atoms with Crippen LogP contribution in [-0.2, 0) is 11.3 Å². The summed E-state index contributed by atoms with van der Waals surface area (Å²) in [5, 5.41) is 0. The second-order valence-corrected chi connectivity index (χ2v) is 5.33. The number of aromatic nitrogens is 1. The fraction of sp³-hybridized carbons (Fsp3) is 0.353. The number of ether oxygens (including phenoxy) is 1. The molecule has 2 atom stereocenters. The van der Waals surface area contributed by atoms with Gasteiger partial charge in [-0.25, -0.2) is 0 Å². The van der Waals surface area contributed by atoms with Gasteiger partial charge in [-0.05, 0) is 24.6 Å². The molecule has 0 bridgehead atoms. The van der Waals surface area contributed by atoms with Crippen LogP contribution in [0.3, 0.4) is 0 Å². The van der Waals surface area contributed by atoms with Crippen LogP contribution >= 0.6 is 0 Å². The molecule has 0 radical (unpaired) electrons. The number of hydrogen-bond acceptors (Lipinski definition) is 3. The number of benzene rings is 1. The van der Waals surface area contributed by atoms with Gasteiger partial charge >= 0.3 is 0 Å². The minimum atomic E-state index is 0.163. The van der Waals surface area contributed by atoms with E-state index in [0.717, 1.165) is 25.4 Å². The third-order valence-electron chi connectivity index (χ3n) is 3.82. The van der Waals surface area contributed by atoms with E-state index in [4.69, 9.17) is 4.74 Å². The van der Waals surface area contributed by atoms with E-state index in [0.29, 0.717) is 6.04 Å². The second kappa shape index (κ2) is 6.16. The lowest BCUT2D eigenvalue weighted by atomic mass is 10.1. The SMILES string of the molecule is C[C@@H]1CO[C@H](c2ccccc2)CN1Cc1ccccn1. The second-order valence-electron chi connectivity index (χ2n) is 5.33. The Morgan fingerprint density at radius 1 is 1.15 bits per heavy atom. The Balaban J connectivity index is 1.71. The molecule has 1 fully saturated rings. The van der Waals surface area contributed by atoms with E-state index < -0.39 is 0 Å². The lowest BCUT2D eigenvalue weighted by Gasteiger charge is -2.38. The fourth-order valence-corrected chi connectivity index (χ4v) is 2.60. The molecule has 1 aromatic carbocycles. The molecule has 1 aliphatic rings. The molecular weight excluding hydrogens is 248 g/mol. The summed E-state index contributed by atoms with van der Waals surface area (Å²) in [5.74, 6) is 0. The highest BCUT2D eigenvalue weighted by atomic mass is 16.5. The van der Waals surface area contributed by atoms with E-state index in [1.54, 1.807) is 0 Å². The summed E-state index contributed by atoms with van der Waals surface area (Å²) >= 11 is 0. The van der Waals surface area contributed by atoms with E-state index >= 15 is 0 Å². The summed E-state index contributed by atoms with van der Waals surface area (Å²) in [6.45, 7) is 4.78. The zero-order valence-corrected chi connectivity index (χ0v) is 11.8. The van der Waals surface area contributed by atoms with Gasteiger partial charge < -0.3 is 4.74 Å². The summed E-state index contributed by atoms with van der Waals surface area (Å²) in [4.78, 5) is 6.87. The average molecular weight is 268 g/mol.